The third kappa shape index (κ3) is 2.94. The Morgan fingerprint density at radius 3 is 2.67 bits per heavy atom. The van der Waals surface area contributed by atoms with Crippen LogP contribution in [0.2, 0.25) is 0 Å². The van der Waals surface area contributed by atoms with Gasteiger partial charge in [0, 0.05) is 0 Å². The van der Waals surface area contributed by atoms with Crippen molar-refractivity contribution in [3.05, 3.63) is 30.1 Å². The lowest BCUT2D eigenvalue weighted by Crippen LogP contribution is -2.28. The highest BCUT2D eigenvalue weighted by Gasteiger charge is 2.19. The van der Waals surface area contributed by atoms with E-state index in [4.69, 9.17) is 4.74 Å². The van der Waals surface area contributed by atoms with Gasteiger partial charge in [-0.1, -0.05) is 19.1 Å². The summed E-state index contributed by atoms with van der Waals surface area (Å²) in [5.41, 5.74) is 0. The van der Waals surface area contributed by atoms with Gasteiger partial charge in [0.15, 0.2) is 17.7 Å². The van der Waals surface area contributed by atoms with E-state index in [1.54, 1.807) is 19.1 Å². The van der Waals surface area contributed by atoms with Gasteiger partial charge in [-0.15, -0.1) is 0 Å². The quantitative estimate of drug-likeness (QED) is 0.717. The van der Waals surface area contributed by atoms with Gasteiger partial charge in [-0.05, 0) is 18.6 Å². The smallest absolute Gasteiger partial charge is 0.347 e. The van der Waals surface area contributed by atoms with E-state index in [1.807, 2.05) is 0 Å². The van der Waals surface area contributed by atoms with Crippen molar-refractivity contribution < 1.29 is 18.7 Å². The number of halogens is 1. The molecule has 0 aliphatic carbocycles. The molecule has 4 heteroatoms. The van der Waals surface area contributed by atoms with Crippen LogP contribution in [-0.4, -0.2) is 19.2 Å². The lowest BCUT2D eigenvalue weighted by Gasteiger charge is -2.15. The van der Waals surface area contributed by atoms with Crippen LogP contribution in [0.5, 0.6) is 5.75 Å². The first-order chi connectivity index (χ1) is 7.19. The molecule has 0 saturated heterocycles. The van der Waals surface area contributed by atoms with Crippen LogP contribution in [0, 0.1) is 5.82 Å². The van der Waals surface area contributed by atoms with Crippen LogP contribution in [0.4, 0.5) is 4.39 Å². The number of para-hydroxylation sites is 1. The molecule has 0 radical (unpaired) electrons. The predicted molar refractivity (Wildman–Crippen MR) is 53.1 cm³/mol. The average Bonchev–Trinajstić information content (AvgIpc) is 2.27. The van der Waals surface area contributed by atoms with Crippen molar-refractivity contribution in [3.63, 3.8) is 0 Å². The Morgan fingerprint density at radius 2 is 2.13 bits per heavy atom. The highest BCUT2D eigenvalue weighted by atomic mass is 19.1. The summed E-state index contributed by atoms with van der Waals surface area (Å²) in [6.07, 6.45) is -0.326. The van der Waals surface area contributed by atoms with Crippen LogP contribution in [0.3, 0.4) is 0 Å². The van der Waals surface area contributed by atoms with Gasteiger partial charge in [-0.3, -0.25) is 0 Å². The molecule has 0 amide bonds. The van der Waals surface area contributed by atoms with Crippen LogP contribution in [-0.2, 0) is 9.53 Å². The Labute approximate surface area is 87.8 Å². The maximum absolute atomic E-state index is 13.2. The molecular weight excluding hydrogens is 199 g/mol. The second-order valence-electron chi connectivity index (χ2n) is 2.97. The van der Waals surface area contributed by atoms with Gasteiger partial charge in [-0.25, -0.2) is 9.18 Å². The van der Waals surface area contributed by atoms with E-state index in [0.29, 0.717) is 6.42 Å². The number of methoxy groups -OCH3 is 1. The summed E-state index contributed by atoms with van der Waals surface area (Å²) in [5, 5.41) is 0. The van der Waals surface area contributed by atoms with Gasteiger partial charge in [-0.2, -0.15) is 0 Å². The fourth-order valence-corrected chi connectivity index (χ4v) is 1.12. The highest BCUT2D eigenvalue weighted by Crippen LogP contribution is 2.18. The molecule has 1 aromatic carbocycles. The van der Waals surface area contributed by atoms with Crippen molar-refractivity contribution in [1.29, 1.82) is 0 Å². The molecule has 0 bridgehead atoms. The number of benzene rings is 1. The molecule has 0 N–H and O–H groups in total. The molecule has 0 fully saturated rings. The zero-order valence-electron chi connectivity index (χ0n) is 8.70. The minimum atomic E-state index is -0.758. The molecule has 82 valence electrons. The fourth-order valence-electron chi connectivity index (χ4n) is 1.12. The Balaban J connectivity index is 2.75. The molecule has 0 aliphatic rings. The Morgan fingerprint density at radius 1 is 1.47 bits per heavy atom. The third-order valence-electron chi connectivity index (χ3n) is 1.94. The van der Waals surface area contributed by atoms with Gasteiger partial charge in [0.2, 0.25) is 0 Å². The zero-order valence-corrected chi connectivity index (χ0v) is 8.70. The second-order valence-corrected chi connectivity index (χ2v) is 2.97. The van der Waals surface area contributed by atoms with E-state index < -0.39 is 17.9 Å². The van der Waals surface area contributed by atoms with Gasteiger partial charge < -0.3 is 9.47 Å². The van der Waals surface area contributed by atoms with Crippen molar-refractivity contribution in [2.24, 2.45) is 0 Å². The number of ether oxygens (including phenoxy) is 2. The molecule has 0 saturated carbocycles. The molecule has 15 heavy (non-hydrogen) atoms. The summed E-state index contributed by atoms with van der Waals surface area (Å²) < 4.78 is 22.9. The summed E-state index contributed by atoms with van der Waals surface area (Å²) in [6, 6.07) is 5.95. The van der Waals surface area contributed by atoms with Crippen LogP contribution in [0.1, 0.15) is 13.3 Å². The van der Waals surface area contributed by atoms with E-state index in [-0.39, 0.29) is 5.75 Å². The molecule has 0 heterocycles. The fraction of sp³-hybridized carbons (Fsp3) is 0.364. The standard InChI is InChI=1S/C11H13FO3/c1-3-9(11(13)14-2)15-10-7-5-4-6-8(10)12/h4-7,9H,3H2,1-2H3. The summed E-state index contributed by atoms with van der Waals surface area (Å²) in [6.45, 7) is 1.77. The van der Waals surface area contributed by atoms with E-state index >= 15 is 0 Å². The molecule has 0 aliphatic heterocycles. The van der Waals surface area contributed by atoms with Gasteiger partial charge in [0.25, 0.3) is 0 Å². The topological polar surface area (TPSA) is 35.5 Å². The first-order valence-electron chi connectivity index (χ1n) is 4.68. The van der Waals surface area contributed by atoms with Crippen molar-refractivity contribution in [1.82, 2.24) is 0 Å². The monoisotopic (exact) mass is 212 g/mol. The van der Waals surface area contributed by atoms with Gasteiger partial charge in [0.1, 0.15) is 0 Å². The number of rotatable bonds is 4. The van der Waals surface area contributed by atoms with Crippen molar-refractivity contribution in [2.75, 3.05) is 7.11 Å². The Hall–Kier alpha value is -1.58. The molecule has 1 rings (SSSR count). The molecule has 1 unspecified atom stereocenters. The SMILES string of the molecule is CCC(Oc1ccccc1F)C(=O)OC. The van der Waals surface area contributed by atoms with Crippen molar-refractivity contribution >= 4 is 5.97 Å². The van der Waals surface area contributed by atoms with Crippen LogP contribution in [0.15, 0.2) is 24.3 Å². The van der Waals surface area contributed by atoms with Crippen LogP contribution in [0.25, 0.3) is 0 Å². The summed E-state index contributed by atoms with van der Waals surface area (Å²) in [7, 11) is 1.27. The molecular formula is C11H13FO3. The number of carbonyl (C=O) groups is 1. The number of carbonyl (C=O) groups excluding carboxylic acids is 1. The van der Waals surface area contributed by atoms with E-state index in [0.717, 1.165) is 0 Å². The number of hydrogen-bond donors (Lipinski definition) is 0. The zero-order chi connectivity index (χ0) is 11.3. The maximum Gasteiger partial charge on any atom is 0.347 e. The van der Waals surface area contributed by atoms with Gasteiger partial charge >= 0.3 is 5.97 Å². The lowest BCUT2D eigenvalue weighted by molar-refractivity contribution is -0.149. The minimum absolute atomic E-state index is 0.0646. The van der Waals surface area contributed by atoms with E-state index in [1.165, 1.54) is 19.2 Å². The van der Waals surface area contributed by atoms with E-state index in [9.17, 15) is 9.18 Å². The normalized spacial score (nSPS) is 11.9. The summed E-state index contributed by atoms with van der Waals surface area (Å²) in [5.74, 6) is -0.921. The lowest BCUT2D eigenvalue weighted by atomic mass is 10.2. The Bertz CT molecular complexity index is 338. The van der Waals surface area contributed by atoms with Crippen LogP contribution >= 0.6 is 0 Å². The number of hydrogen-bond acceptors (Lipinski definition) is 3. The maximum atomic E-state index is 13.2. The Kier molecular flexibility index (Phi) is 4.09. The van der Waals surface area contributed by atoms with Gasteiger partial charge in [0.05, 0.1) is 7.11 Å². The molecule has 0 spiro atoms. The summed E-state index contributed by atoms with van der Waals surface area (Å²) in [4.78, 5) is 11.2. The largest absolute Gasteiger partial charge is 0.476 e. The molecule has 1 aromatic rings. The van der Waals surface area contributed by atoms with E-state index in [2.05, 4.69) is 4.74 Å². The molecule has 0 aromatic heterocycles. The third-order valence-corrected chi connectivity index (χ3v) is 1.94. The number of esters is 1. The van der Waals surface area contributed by atoms with Crippen LogP contribution < -0.4 is 4.74 Å². The average molecular weight is 212 g/mol. The molecule has 1 atom stereocenters. The predicted octanol–water partition coefficient (Wildman–Crippen LogP) is 2.16. The first kappa shape index (κ1) is 11.5. The second kappa shape index (κ2) is 5.34. The minimum Gasteiger partial charge on any atom is -0.476 e. The molecule has 3 nitrogen and oxygen atoms in total. The van der Waals surface area contributed by atoms with Crippen molar-refractivity contribution in [3.8, 4) is 5.75 Å². The van der Waals surface area contributed by atoms with Crippen molar-refractivity contribution in [2.45, 2.75) is 19.4 Å². The summed E-state index contributed by atoms with van der Waals surface area (Å²) >= 11 is 0. The highest BCUT2D eigenvalue weighted by molar-refractivity contribution is 5.74. The first-order valence-corrected chi connectivity index (χ1v) is 4.68.